The van der Waals surface area contributed by atoms with E-state index >= 15 is 0 Å². The molecule has 0 aromatic heterocycles. The van der Waals surface area contributed by atoms with E-state index in [1.807, 2.05) is 45.9 Å². The predicted molar refractivity (Wildman–Crippen MR) is 91.3 cm³/mol. The molecule has 0 unspecified atom stereocenters. The number of nitrogens with two attached hydrogens (primary N) is 1. The number of benzene rings is 1. The average Bonchev–Trinajstić information content (AvgIpc) is 2.43. The number of carbonyl (C=O) groups is 1. The summed E-state index contributed by atoms with van der Waals surface area (Å²) in [6, 6.07) is 10.4. The van der Waals surface area contributed by atoms with Crippen molar-refractivity contribution >= 4 is 19.8 Å². The summed E-state index contributed by atoms with van der Waals surface area (Å²) in [4.78, 5) is 10.8. The molecule has 0 aliphatic rings. The second-order valence-corrected chi connectivity index (χ2v) is 8.90. The second kappa shape index (κ2) is 8.92. The fraction of sp³-hybridized carbons (Fsp3) is 0.562. The normalized spacial score (nSPS) is 11.9. The Hall–Kier alpha value is -1.37. The zero-order chi connectivity index (χ0) is 16.6. The van der Waals surface area contributed by atoms with Crippen molar-refractivity contribution in [2.45, 2.75) is 52.4 Å². The van der Waals surface area contributed by atoms with Crippen LogP contribution in [0.4, 0.5) is 4.79 Å². The molecule has 0 saturated heterocycles. The Bertz CT molecular complexity index is 442. The lowest BCUT2D eigenvalue weighted by Crippen LogP contribution is -2.56. The SMILES string of the molecule is CC(C)O[Si](CCCNC(N)=O)(OC(C)C)c1ccccc1. The zero-order valence-electron chi connectivity index (χ0n) is 14.0. The van der Waals surface area contributed by atoms with Gasteiger partial charge in [0.1, 0.15) is 0 Å². The maximum absolute atomic E-state index is 10.8. The number of hydrogen-bond acceptors (Lipinski definition) is 3. The molecule has 124 valence electrons. The lowest BCUT2D eigenvalue weighted by atomic mass is 10.4. The van der Waals surface area contributed by atoms with Crippen molar-refractivity contribution in [3.05, 3.63) is 30.3 Å². The summed E-state index contributed by atoms with van der Waals surface area (Å²) in [6.45, 7) is 8.62. The highest BCUT2D eigenvalue weighted by molar-refractivity contribution is 6.81. The molecule has 0 aliphatic carbocycles. The molecular formula is C16H28N2O3Si. The van der Waals surface area contributed by atoms with Gasteiger partial charge in [-0.2, -0.15) is 0 Å². The van der Waals surface area contributed by atoms with Crippen LogP contribution >= 0.6 is 0 Å². The first-order chi connectivity index (χ1) is 10.4. The molecule has 0 fully saturated rings. The average molecular weight is 324 g/mol. The maximum atomic E-state index is 10.8. The second-order valence-electron chi connectivity index (χ2n) is 5.85. The van der Waals surface area contributed by atoms with Gasteiger partial charge in [-0.25, -0.2) is 4.79 Å². The van der Waals surface area contributed by atoms with Crippen LogP contribution < -0.4 is 16.2 Å². The monoisotopic (exact) mass is 324 g/mol. The van der Waals surface area contributed by atoms with E-state index in [0.717, 1.165) is 17.7 Å². The summed E-state index contributed by atoms with van der Waals surface area (Å²) in [7, 11) is -2.56. The highest BCUT2D eigenvalue weighted by atomic mass is 28.4. The fourth-order valence-electron chi connectivity index (χ4n) is 2.41. The van der Waals surface area contributed by atoms with Crippen molar-refractivity contribution < 1.29 is 13.6 Å². The molecule has 1 aromatic carbocycles. The van der Waals surface area contributed by atoms with Gasteiger partial charge < -0.3 is 19.9 Å². The van der Waals surface area contributed by atoms with E-state index in [1.165, 1.54) is 0 Å². The van der Waals surface area contributed by atoms with Gasteiger partial charge in [-0.3, -0.25) is 0 Å². The van der Waals surface area contributed by atoms with E-state index < -0.39 is 14.6 Å². The number of carbonyl (C=O) groups excluding carboxylic acids is 1. The van der Waals surface area contributed by atoms with Crippen LogP contribution in [0.2, 0.25) is 6.04 Å². The van der Waals surface area contributed by atoms with Gasteiger partial charge in [0, 0.05) is 18.8 Å². The topological polar surface area (TPSA) is 73.6 Å². The fourth-order valence-corrected chi connectivity index (χ4v) is 6.13. The van der Waals surface area contributed by atoms with Crippen molar-refractivity contribution in [1.82, 2.24) is 5.32 Å². The number of hydrogen-bond donors (Lipinski definition) is 2. The van der Waals surface area contributed by atoms with Gasteiger partial charge in [0.05, 0.1) is 0 Å². The Morgan fingerprint density at radius 1 is 1.14 bits per heavy atom. The lowest BCUT2D eigenvalue weighted by molar-refractivity contribution is 0.114. The van der Waals surface area contributed by atoms with Gasteiger partial charge in [-0.15, -0.1) is 0 Å². The molecule has 0 atom stereocenters. The van der Waals surface area contributed by atoms with Crippen LogP contribution in [-0.4, -0.2) is 33.3 Å². The minimum atomic E-state index is -2.56. The van der Waals surface area contributed by atoms with Gasteiger partial charge in [0.2, 0.25) is 0 Å². The quantitative estimate of drug-likeness (QED) is 0.540. The summed E-state index contributed by atoms with van der Waals surface area (Å²) in [6.07, 6.45) is 0.924. The van der Waals surface area contributed by atoms with E-state index in [2.05, 4.69) is 17.4 Å². The van der Waals surface area contributed by atoms with Crippen LogP contribution in [0.25, 0.3) is 0 Å². The van der Waals surface area contributed by atoms with Crippen molar-refractivity contribution in [1.29, 1.82) is 0 Å². The molecule has 0 aliphatic heterocycles. The van der Waals surface area contributed by atoms with Crippen molar-refractivity contribution in [2.75, 3.05) is 6.54 Å². The smallest absolute Gasteiger partial charge is 0.373 e. The largest absolute Gasteiger partial charge is 0.388 e. The van der Waals surface area contributed by atoms with E-state index in [4.69, 9.17) is 14.6 Å². The van der Waals surface area contributed by atoms with E-state index in [1.54, 1.807) is 0 Å². The van der Waals surface area contributed by atoms with E-state index in [-0.39, 0.29) is 12.2 Å². The number of nitrogens with one attached hydrogen (secondary N) is 1. The summed E-state index contributed by atoms with van der Waals surface area (Å²) < 4.78 is 12.6. The van der Waals surface area contributed by atoms with Crippen molar-refractivity contribution in [3.63, 3.8) is 0 Å². The highest BCUT2D eigenvalue weighted by Gasteiger charge is 2.41. The molecule has 0 bridgehead atoms. The Morgan fingerprint density at radius 2 is 1.68 bits per heavy atom. The molecule has 22 heavy (non-hydrogen) atoms. The molecule has 1 aromatic rings. The molecule has 1 rings (SSSR count). The first-order valence-corrected chi connectivity index (χ1v) is 9.82. The minimum absolute atomic E-state index is 0.0784. The molecule has 6 heteroatoms. The van der Waals surface area contributed by atoms with Crippen molar-refractivity contribution in [2.24, 2.45) is 5.73 Å². The predicted octanol–water partition coefficient (Wildman–Crippen LogP) is 2.24. The number of primary amides is 1. The third-order valence-corrected chi connectivity index (χ3v) is 6.98. The van der Waals surface area contributed by atoms with Crippen LogP contribution in [0.3, 0.4) is 0 Å². The molecule has 0 heterocycles. The van der Waals surface area contributed by atoms with Crippen LogP contribution in [0.5, 0.6) is 0 Å². The third-order valence-electron chi connectivity index (χ3n) is 3.05. The molecule has 5 nitrogen and oxygen atoms in total. The van der Waals surface area contributed by atoms with Crippen LogP contribution in [0.15, 0.2) is 30.3 Å². The highest BCUT2D eigenvalue weighted by Crippen LogP contribution is 2.20. The molecule has 0 radical (unpaired) electrons. The van der Waals surface area contributed by atoms with E-state index in [0.29, 0.717) is 6.54 Å². The molecule has 2 amide bonds. The summed E-state index contributed by atoms with van der Waals surface area (Å²) in [5, 5.41) is 3.75. The minimum Gasteiger partial charge on any atom is -0.388 e. The molecular weight excluding hydrogens is 296 g/mol. The third kappa shape index (κ3) is 6.17. The maximum Gasteiger partial charge on any atom is 0.373 e. The molecule has 3 N–H and O–H groups in total. The first-order valence-electron chi connectivity index (χ1n) is 7.80. The Kier molecular flexibility index (Phi) is 7.57. The van der Waals surface area contributed by atoms with Gasteiger partial charge in [-0.05, 0) is 45.3 Å². The van der Waals surface area contributed by atoms with Crippen LogP contribution in [-0.2, 0) is 8.85 Å². The summed E-state index contributed by atoms with van der Waals surface area (Å²) >= 11 is 0. The molecule has 0 saturated carbocycles. The summed E-state index contributed by atoms with van der Waals surface area (Å²) in [5.74, 6) is 0. The first kappa shape index (κ1) is 18.7. The molecule has 0 spiro atoms. The number of amides is 2. The summed E-state index contributed by atoms with van der Waals surface area (Å²) in [5.41, 5.74) is 5.11. The van der Waals surface area contributed by atoms with Gasteiger partial charge in [0.25, 0.3) is 0 Å². The lowest BCUT2D eigenvalue weighted by Gasteiger charge is -2.34. The Morgan fingerprint density at radius 3 is 2.14 bits per heavy atom. The zero-order valence-corrected chi connectivity index (χ0v) is 15.0. The van der Waals surface area contributed by atoms with Crippen LogP contribution in [0.1, 0.15) is 34.1 Å². The van der Waals surface area contributed by atoms with Gasteiger partial charge in [-0.1, -0.05) is 30.3 Å². The van der Waals surface area contributed by atoms with Gasteiger partial charge in [0.15, 0.2) is 0 Å². The van der Waals surface area contributed by atoms with E-state index in [9.17, 15) is 4.79 Å². The standard InChI is InChI=1S/C16H28N2O3Si/c1-13(2)20-22(21-14(3)4,12-8-11-18-16(17)19)15-9-6-5-7-10-15/h5-7,9-10,13-14H,8,11-12H2,1-4H3,(H3,17,18,19). The van der Waals surface area contributed by atoms with Crippen molar-refractivity contribution in [3.8, 4) is 0 Å². The Labute approximate surface area is 134 Å². The number of urea groups is 1. The van der Waals surface area contributed by atoms with Gasteiger partial charge >= 0.3 is 14.6 Å². The Balaban J connectivity index is 2.95. The van der Waals surface area contributed by atoms with Crippen LogP contribution in [0, 0.1) is 0 Å². The number of rotatable bonds is 9.